The van der Waals surface area contributed by atoms with Crippen molar-refractivity contribution >= 4 is 5.91 Å². The molecule has 0 aliphatic heterocycles. The molecule has 0 aliphatic carbocycles. The third-order valence-electron chi connectivity index (χ3n) is 3.51. The maximum absolute atomic E-state index is 11.4. The van der Waals surface area contributed by atoms with Crippen molar-refractivity contribution in [2.75, 3.05) is 6.54 Å². The van der Waals surface area contributed by atoms with Gasteiger partial charge in [0.05, 0.1) is 6.10 Å². The van der Waals surface area contributed by atoms with E-state index >= 15 is 0 Å². The molecule has 114 valence electrons. The Hall–Kier alpha value is -0.570. The smallest absolute Gasteiger partial charge is 0.220 e. The quantitative estimate of drug-likeness (QED) is 0.501. The van der Waals surface area contributed by atoms with Gasteiger partial charge in [0.15, 0.2) is 0 Å². The second-order valence-corrected chi connectivity index (χ2v) is 5.44. The van der Waals surface area contributed by atoms with E-state index in [4.69, 9.17) is 0 Å². The number of aliphatic hydroxyl groups is 1. The highest BCUT2D eigenvalue weighted by Gasteiger charge is 2.04. The van der Waals surface area contributed by atoms with Crippen molar-refractivity contribution in [3.05, 3.63) is 0 Å². The Morgan fingerprint density at radius 1 is 0.947 bits per heavy atom. The minimum Gasteiger partial charge on any atom is -0.391 e. The van der Waals surface area contributed by atoms with Gasteiger partial charge in [-0.05, 0) is 12.8 Å². The van der Waals surface area contributed by atoms with Crippen molar-refractivity contribution in [1.82, 2.24) is 5.32 Å². The third-order valence-corrected chi connectivity index (χ3v) is 3.51. The lowest BCUT2D eigenvalue weighted by molar-refractivity contribution is -0.121. The summed E-state index contributed by atoms with van der Waals surface area (Å²) in [6.07, 6.45) is 12.3. The second-order valence-electron chi connectivity index (χ2n) is 5.44. The van der Waals surface area contributed by atoms with Gasteiger partial charge in [-0.3, -0.25) is 4.79 Å². The fourth-order valence-corrected chi connectivity index (χ4v) is 2.06. The fraction of sp³-hybridized carbons (Fsp3) is 0.938. The van der Waals surface area contributed by atoms with Crippen LogP contribution in [0.25, 0.3) is 0 Å². The van der Waals surface area contributed by atoms with Crippen LogP contribution in [0.1, 0.15) is 84.5 Å². The largest absolute Gasteiger partial charge is 0.391 e. The van der Waals surface area contributed by atoms with E-state index in [1.807, 2.05) is 6.92 Å². The van der Waals surface area contributed by atoms with Crippen molar-refractivity contribution < 1.29 is 9.90 Å². The molecule has 0 fully saturated rings. The molecule has 0 aromatic rings. The van der Waals surface area contributed by atoms with Crippen LogP contribution in [-0.2, 0) is 4.79 Å². The fourth-order valence-electron chi connectivity index (χ4n) is 2.06. The number of carbonyl (C=O) groups is 1. The molecule has 0 aromatic carbocycles. The molecular formula is C16H33NO2. The monoisotopic (exact) mass is 271 g/mol. The molecule has 19 heavy (non-hydrogen) atoms. The summed E-state index contributed by atoms with van der Waals surface area (Å²) in [4.78, 5) is 11.4. The molecule has 3 nitrogen and oxygen atoms in total. The van der Waals surface area contributed by atoms with Crippen LogP contribution in [0, 0.1) is 0 Å². The van der Waals surface area contributed by atoms with E-state index in [-0.39, 0.29) is 5.91 Å². The Balaban J connectivity index is 3.18. The Morgan fingerprint density at radius 2 is 1.47 bits per heavy atom. The maximum atomic E-state index is 11.4. The molecule has 1 unspecified atom stereocenters. The summed E-state index contributed by atoms with van der Waals surface area (Å²) < 4.78 is 0. The predicted octanol–water partition coefficient (Wildman–Crippen LogP) is 3.79. The number of hydrogen-bond acceptors (Lipinski definition) is 2. The van der Waals surface area contributed by atoms with Gasteiger partial charge in [-0.15, -0.1) is 0 Å². The van der Waals surface area contributed by atoms with E-state index in [9.17, 15) is 9.90 Å². The number of amides is 1. The van der Waals surface area contributed by atoms with Crippen LogP contribution < -0.4 is 5.32 Å². The van der Waals surface area contributed by atoms with Crippen LogP contribution in [0.15, 0.2) is 0 Å². The molecule has 0 aliphatic rings. The zero-order valence-corrected chi connectivity index (χ0v) is 12.9. The standard InChI is InChI=1S/C16H33NO2/c1-3-5-6-7-8-9-10-11-12-13-16(19)17-14-15(18)4-2/h15,18H,3-14H2,1-2H3,(H,17,19). The number of hydrogen-bond donors (Lipinski definition) is 2. The molecule has 1 amide bonds. The number of nitrogens with one attached hydrogen (secondary N) is 1. The number of unbranched alkanes of at least 4 members (excludes halogenated alkanes) is 8. The molecule has 0 rings (SSSR count). The molecule has 3 heteroatoms. The molecular weight excluding hydrogens is 238 g/mol. The lowest BCUT2D eigenvalue weighted by atomic mass is 10.1. The minimum atomic E-state index is -0.396. The van der Waals surface area contributed by atoms with Gasteiger partial charge in [0, 0.05) is 13.0 Å². The van der Waals surface area contributed by atoms with Crippen molar-refractivity contribution in [3.8, 4) is 0 Å². The highest BCUT2D eigenvalue weighted by atomic mass is 16.3. The maximum Gasteiger partial charge on any atom is 0.220 e. The first kappa shape index (κ1) is 18.4. The molecule has 0 heterocycles. The van der Waals surface area contributed by atoms with E-state index in [0.717, 1.165) is 12.8 Å². The SMILES string of the molecule is CCCCCCCCCCCC(=O)NCC(O)CC. The lowest BCUT2D eigenvalue weighted by Crippen LogP contribution is -2.31. The number of aliphatic hydroxyl groups excluding tert-OH is 1. The lowest BCUT2D eigenvalue weighted by Gasteiger charge is -2.09. The molecule has 0 spiro atoms. The van der Waals surface area contributed by atoms with Gasteiger partial charge in [0.1, 0.15) is 0 Å². The highest BCUT2D eigenvalue weighted by Crippen LogP contribution is 2.10. The summed E-state index contributed by atoms with van der Waals surface area (Å²) in [7, 11) is 0. The molecule has 0 bridgehead atoms. The summed E-state index contributed by atoms with van der Waals surface area (Å²) in [5, 5.41) is 12.1. The molecule has 0 aromatic heterocycles. The van der Waals surface area contributed by atoms with E-state index in [0.29, 0.717) is 19.4 Å². The predicted molar refractivity (Wildman–Crippen MR) is 81.2 cm³/mol. The zero-order chi connectivity index (χ0) is 14.3. The van der Waals surface area contributed by atoms with Gasteiger partial charge in [-0.2, -0.15) is 0 Å². The average Bonchev–Trinajstić information content (AvgIpc) is 2.42. The minimum absolute atomic E-state index is 0.0791. The summed E-state index contributed by atoms with van der Waals surface area (Å²) in [5.41, 5.74) is 0. The molecule has 1 atom stereocenters. The Labute approximate surface area is 119 Å². The summed E-state index contributed by atoms with van der Waals surface area (Å²) >= 11 is 0. The second kappa shape index (κ2) is 13.9. The van der Waals surface area contributed by atoms with E-state index in [1.54, 1.807) is 0 Å². The van der Waals surface area contributed by atoms with Crippen LogP contribution >= 0.6 is 0 Å². The topological polar surface area (TPSA) is 49.3 Å². The van der Waals surface area contributed by atoms with Gasteiger partial charge in [0.25, 0.3) is 0 Å². The van der Waals surface area contributed by atoms with Crippen LogP contribution in [0.5, 0.6) is 0 Å². The van der Waals surface area contributed by atoms with Crippen LogP contribution in [0.3, 0.4) is 0 Å². The van der Waals surface area contributed by atoms with Crippen molar-refractivity contribution in [2.45, 2.75) is 90.6 Å². The summed E-state index contributed by atoms with van der Waals surface area (Å²) in [6, 6.07) is 0. The van der Waals surface area contributed by atoms with Gasteiger partial charge in [-0.1, -0.05) is 65.2 Å². The van der Waals surface area contributed by atoms with Crippen LogP contribution in [0.2, 0.25) is 0 Å². The highest BCUT2D eigenvalue weighted by molar-refractivity contribution is 5.75. The van der Waals surface area contributed by atoms with Gasteiger partial charge >= 0.3 is 0 Å². The van der Waals surface area contributed by atoms with Crippen molar-refractivity contribution in [3.63, 3.8) is 0 Å². The van der Waals surface area contributed by atoms with Gasteiger partial charge < -0.3 is 10.4 Å². The average molecular weight is 271 g/mol. The third kappa shape index (κ3) is 13.7. The van der Waals surface area contributed by atoms with E-state index in [2.05, 4.69) is 12.2 Å². The van der Waals surface area contributed by atoms with E-state index < -0.39 is 6.10 Å². The van der Waals surface area contributed by atoms with Crippen molar-refractivity contribution in [2.24, 2.45) is 0 Å². The van der Waals surface area contributed by atoms with Crippen molar-refractivity contribution in [1.29, 1.82) is 0 Å². The normalized spacial score (nSPS) is 12.4. The summed E-state index contributed by atoms with van der Waals surface area (Å²) in [5.74, 6) is 0.0791. The van der Waals surface area contributed by atoms with Crippen LogP contribution in [-0.4, -0.2) is 23.7 Å². The van der Waals surface area contributed by atoms with Crippen LogP contribution in [0.4, 0.5) is 0 Å². The van der Waals surface area contributed by atoms with E-state index in [1.165, 1.54) is 44.9 Å². The Kier molecular flexibility index (Phi) is 13.4. The first-order valence-electron chi connectivity index (χ1n) is 8.15. The summed E-state index contributed by atoms with van der Waals surface area (Å²) in [6.45, 7) is 4.55. The number of carbonyl (C=O) groups excluding carboxylic acids is 1. The van der Waals surface area contributed by atoms with Gasteiger partial charge in [0.2, 0.25) is 5.91 Å². The molecule has 2 N–H and O–H groups in total. The zero-order valence-electron chi connectivity index (χ0n) is 12.9. The molecule has 0 saturated carbocycles. The van der Waals surface area contributed by atoms with Gasteiger partial charge in [-0.25, -0.2) is 0 Å². The number of rotatable bonds is 13. The Bertz CT molecular complexity index is 207. The first-order chi connectivity index (χ1) is 9.20. The first-order valence-corrected chi connectivity index (χ1v) is 8.15. The molecule has 0 radical (unpaired) electrons. The Morgan fingerprint density at radius 3 is 2.00 bits per heavy atom. The molecule has 0 saturated heterocycles.